The molecule has 1 aromatic heterocycles. The molecular formula is C18H19N3O2S. The summed E-state index contributed by atoms with van der Waals surface area (Å²) in [5.41, 5.74) is 4.83. The van der Waals surface area contributed by atoms with Gasteiger partial charge in [-0.3, -0.25) is 5.43 Å². The van der Waals surface area contributed by atoms with E-state index >= 15 is 0 Å². The average molecular weight is 341 g/mol. The minimum Gasteiger partial charge on any atom is -0.494 e. The number of ether oxygens (including phenoxy) is 2. The van der Waals surface area contributed by atoms with Gasteiger partial charge >= 0.3 is 0 Å². The van der Waals surface area contributed by atoms with E-state index in [1.54, 1.807) is 17.6 Å². The van der Waals surface area contributed by atoms with Crippen LogP contribution in [0.2, 0.25) is 0 Å². The van der Waals surface area contributed by atoms with E-state index < -0.39 is 0 Å². The normalized spacial score (nSPS) is 11.1. The SMILES string of the molecule is CCOc1ccc(/C=N\Nc2nc3ccccc3s2)c(OCC)c1. The standard InChI is InChI=1S/C18H19N3O2S/c1-3-22-14-10-9-13(16(11-14)23-4-2)12-19-21-18-20-15-7-5-6-8-17(15)24-18/h5-12H,3-4H2,1-2H3,(H,20,21)/b19-12-. The number of para-hydroxylation sites is 1. The van der Waals surface area contributed by atoms with Crippen LogP contribution in [0.25, 0.3) is 10.2 Å². The van der Waals surface area contributed by atoms with Crippen LogP contribution in [0.1, 0.15) is 19.4 Å². The number of hydrogen-bond donors (Lipinski definition) is 1. The molecule has 0 radical (unpaired) electrons. The van der Waals surface area contributed by atoms with Crippen molar-refractivity contribution in [2.75, 3.05) is 18.6 Å². The molecule has 24 heavy (non-hydrogen) atoms. The monoisotopic (exact) mass is 341 g/mol. The minimum absolute atomic E-state index is 0.585. The van der Waals surface area contributed by atoms with Crippen LogP contribution >= 0.6 is 11.3 Å². The zero-order valence-corrected chi connectivity index (χ0v) is 14.5. The number of hydrazone groups is 1. The van der Waals surface area contributed by atoms with Gasteiger partial charge in [-0.1, -0.05) is 23.5 Å². The first-order valence-corrected chi connectivity index (χ1v) is 8.66. The molecule has 0 saturated heterocycles. The first-order chi connectivity index (χ1) is 11.8. The Balaban J connectivity index is 1.75. The van der Waals surface area contributed by atoms with Gasteiger partial charge < -0.3 is 9.47 Å². The maximum atomic E-state index is 5.66. The fraction of sp³-hybridized carbons (Fsp3) is 0.222. The van der Waals surface area contributed by atoms with Crippen LogP contribution in [-0.2, 0) is 0 Å². The summed E-state index contributed by atoms with van der Waals surface area (Å²) in [5, 5.41) is 5.04. The second kappa shape index (κ2) is 7.79. The van der Waals surface area contributed by atoms with Crippen LogP contribution < -0.4 is 14.9 Å². The summed E-state index contributed by atoms with van der Waals surface area (Å²) in [6.07, 6.45) is 1.73. The molecule has 0 saturated carbocycles. The Morgan fingerprint density at radius 3 is 2.75 bits per heavy atom. The summed E-state index contributed by atoms with van der Waals surface area (Å²) < 4.78 is 12.3. The van der Waals surface area contributed by atoms with E-state index in [0.717, 1.165) is 32.4 Å². The maximum absolute atomic E-state index is 5.66. The number of rotatable bonds is 7. The van der Waals surface area contributed by atoms with Crippen molar-refractivity contribution < 1.29 is 9.47 Å². The summed E-state index contributed by atoms with van der Waals surface area (Å²) in [6, 6.07) is 13.7. The lowest BCUT2D eigenvalue weighted by atomic mass is 10.2. The molecule has 1 N–H and O–H groups in total. The highest BCUT2D eigenvalue weighted by molar-refractivity contribution is 7.22. The zero-order valence-electron chi connectivity index (χ0n) is 13.7. The van der Waals surface area contributed by atoms with Crippen molar-refractivity contribution in [3.8, 4) is 11.5 Å². The van der Waals surface area contributed by atoms with E-state index in [9.17, 15) is 0 Å². The molecule has 0 bridgehead atoms. The van der Waals surface area contributed by atoms with Gasteiger partial charge in [0.05, 0.1) is 29.6 Å². The number of nitrogens with zero attached hydrogens (tertiary/aromatic N) is 2. The van der Waals surface area contributed by atoms with Gasteiger partial charge in [-0.15, -0.1) is 0 Å². The first kappa shape index (κ1) is 16.3. The molecule has 0 spiro atoms. The highest BCUT2D eigenvalue weighted by Gasteiger charge is 2.05. The molecule has 3 aromatic rings. The highest BCUT2D eigenvalue weighted by Crippen LogP contribution is 2.26. The highest BCUT2D eigenvalue weighted by atomic mass is 32.1. The Morgan fingerprint density at radius 1 is 1.12 bits per heavy atom. The summed E-state index contributed by atoms with van der Waals surface area (Å²) >= 11 is 1.57. The third-order valence-corrected chi connectivity index (χ3v) is 4.19. The van der Waals surface area contributed by atoms with Crippen LogP contribution in [-0.4, -0.2) is 24.4 Å². The number of thiazole rings is 1. The van der Waals surface area contributed by atoms with Gasteiger partial charge in [0.15, 0.2) is 0 Å². The van der Waals surface area contributed by atoms with Crippen molar-refractivity contribution in [2.24, 2.45) is 5.10 Å². The Bertz CT molecular complexity index is 812. The summed E-state index contributed by atoms with van der Waals surface area (Å²) in [7, 11) is 0. The molecule has 0 aliphatic carbocycles. The quantitative estimate of drug-likeness (QED) is 0.506. The Morgan fingerprint density at radius 2 is 1.96 bits per heavy atom. The lowest BCUT2D eigenvalue weighted by Crippen LogP contribution is -1.99. The van der Waals surface area contributed by atoms with Gasteiger partial charge in [0, 0.05) is 11.6 Å². The van der Waals surface area contributed by atoms with E-state index in [-0.39, 0.29) is 0 Å². The maximum Gasteiger partial charge on any atom is 0.204 e. The number of hydrogen-bond acceptors (Lipinski definition) is 6. The third kappa shape index (κ3) is 3.83. The molecule has 0 unspecified atom stereocenters. The second-order valence-corrected chi connectivity index (χ2v) is 5.95. The molecule has 6 heteroatoms. The van der Waals surface area contributed by atoms with Crippen LogP contribution in [0.15, 0.2) is 47.6 Å². The van der Waals surface area contributed by atoms with Gasteiger partial charge in [0.2, 0.25) is 5.13 Å². The van der Waals surface area contributed by atoms with Crippen LogP contribution in [0.5, 0.6) is 11.5 Å². The molecule has 3 rings (SSSR count). The number of fused-ring (bicyclic) bond motifs is 1. The van der Waals surface area contributed by atoms with E-state index in [1.807, 2.05) is 56.3 Å². The van der Waals surface area contributed by atoms with Crippen molar-refractivity contribution in [3.05, 3.63) is 48.0 Å². The topological polar surface area (TPSA) is 55.7 Å². The summed E-state index contributed by atoms with van der Waals surface area (Å²) in [6.45, 7) is 5.12. The van der Waals surface area contributed by atoms with Crippen molar-refractivity contribution in [2.45, 2.75) is 13.8 Å². The third-order valence-electron chi connectivity index (χ3n) is 3.25. The largest absolute Gasteiger partial charge is 0.494 e. The number of anilines is 1. The van der Waals surface area contributed by atoms with Gasteiger partial charge in [-0.05, 0) is 38.1 Å². The Hall–Kier alpha value is -2.60. The fourth-order valence-corrected chi connectivity index (χ4v) is 3.05. The number of nitrogens with one attached hydrogen (secondary N) is 1. The zero-order chi connectivity index (χ0) is 16.8. The summed E-state index contributed by atoms with van der Waals surface area (Å²) in [5.74, 6) is 1.54. The molecule has 5 nitrogen and oxygen atoms in total. The lowest BCUT2D eigenvalue weighted by molar-refractivity contribution is 0.323. The van der Waals surface area contributed by atoms with Crippen molar-refractivity contribution in [1.82, 2.24) is 4.98 Å². The predicted octanol–water partition coefficient (Wildman–Crippen LogP) is 4.54. The first-order valence-electron chi connectivity index (χ1n) is 7.84. The molecule has 0 amide bonds. The van der Waals surface area contributed by atoms with Crippen LogP contribution in [0, 0.1) is 0 Å². The van der Waals surface area contributed by atoms with Gasteiger partial charge in [0.25, 0.3) is 0 Å². The predicted molar refractivity (Wildman–Crippen MR) is 99.6 cm³/mol. The molecule has 1 heterocycles. The van der Waals surface area contributed by atoms with Crippen molar-refractivity contribution >= 4 is 32.9 Å². The van der Waals surface area contributed by atoms with Gasteiger partial charge in [-0.2, -0.15) is 5.10 Å². The molecular weight excluding hydrogens is 322 g/mol. The minimum atomic E-state index is 0.585. The molecule has 0 aliphatic rings. The second-order valence-electron chi connectivity index (χ2n) is 4.92. The number of benzene rings is 2. The molecule has 0 atom stereocenters. The van der Waals surface area contributed by atoms with Gasteiger partial charge in [0.1, 0.15) is 11.5 Å². The van der Waals surface area contributed by atoms with E-state index in [0.29, 0.717) is 13.2 Å². The molecule has 0 fully saturated rings. The Kier molecular flexibility index (Phi) is 5.28. The lowest BCUT2D eigenvalue weighted by Gasteiger charge is -2.09. The summed E-state index contributed by atoms with van der Waals surface area (Å²) in [4.78, 5) is 4.48. The molecule has 2 aromatic carbocycles. The number of aromatic nitrogens is 1. The van der Waals surface area contributed by atoms with Crippen LogP contribution in [0.3, 0.4) is 0 Å². The van der Waals surface area contributed by atoms with Crippen LogP contribution in [0.4, 0.5) is 5.13 Å². The average Bonchev–Trinajstić information content (AvgIpc) is 3.00. The van der Waals surface area contributed by atoms with Crippen molar-refractivity contribution in [1.29, 1.82) is 0 Å². The van der Waals surface area contributed by atoms with Gasteiger partial charge in [-0.25, -0.2) is 4.98 Å². The van der Waals surface area contributed by atoms with E-state index in [4.69, 9.17) is 9.47 Å². The molecule has 124 valence electrons. The van der Waals surface area contributed by atoms with E-state index in [2.05, 4.69) is 15.5 Å². The Labute approximate surface area is 144 Å². The molecule has 0 aliphatic heterocycles. The van der Waals surface area contributed by atoms with Crippen molar-refractivity contribution in [3.63, 3.8) is 0 Å². The van der Waals surface area contributed by atoms with E-state index in [1.165, 1.54) is 0 Å². The fourth-order valence-electron chi connectivity index (χ4n) is 2.24. The smallest absolute Gasteiger partial charge is 0.204 e.